The van der Waals surface area contributed by atoms with E-state index in [9.17, 15) is 0 Å². The molecule has 0 saturated carbocycles. The molecule has 2 aliphatic rings. The van der Waals surface area contributed by atoms with Gasteiger partial charge in [-0.1, -0.05) is 24.3 Å². The molecule has 29 heavy (non-hydrogen) atoms. The number of ether oxygens (including phenoxy) is 2. The zero-order valence-corrected chi connectivity index (χ0v) is 17.2. The molecule has 0 fully saturated rings. The minimum atomic E-state index is -0.662. The Labute approximate surface area is 175 Å². The molecule has 0 amide bonds. The summed E-state index contributed by atoms with van der Waals surface area (Å²) in [4.78, 5) is 0. The van der Waals surface area contributed by atoms with Crippen molar-refractivity contribution in [1.82, 2.24) is 0 Å². The monoisotopic (exact) mass is 404 g/mol. The van der Waals surface area contributed by atoms with Gasteiger partial charge >= 0.3 is 0 Å². The van der Waals surface area contributed by atoms with Crippen molar-refractivity contribution in [3.8, 4) is 11.5 Å². The van der Waals surface area contributed by atoms with Crippen LogP contribution in [0.3, 0.4) is 0 Å². The Morgan fingerprint density at radius 1 is 1.00 bits per heavy atom. The fourth-order valence-electron chi connectivity index (χ4n) is 4.33. The number of nitrogens with one attached hydrogen (secondary N) is 1. The number of fused-ring (bicyclic) bond motifs is 6. The van der Waals surface area contributed by atoms with Gasteiger partial charge in [-0.05, 0) is 53.8 Å². The van der Waals surface area contributed by atoms with Gasteiger partial charge in [0.2, 0.25) is 0 Å². The minimum absolute atomic E-state index is 0.577. The van der Waals surface area contributed by atoms with Crippen molar-refractivity contribution in [2.24, 2.45) is 0 Å². The van der Waals surface area contributed by atoms with Crippen LogP contribution in [0, 0.1) is 0 Å². The first kappa shape index (κ1) is 18.4. The number of anilines is 2. The lowest BCUT2D eigenvalue weighted by Gasteiger charge is -2.37. The van der Waals surface area contributed by atoms with E-state index in [1.54, 1.807) is 0 Å². The van der Waals surface area contributed by atoms with Gasteiger partial charge in [0.05, 0.1) is 6.61 Å². The van der Waals surface area contributed by atoms with Crippen molar-refractivity contribution in [1.29, 1.82) is 0 Å². The largest absolute Gasteiger partial charge is 0.456 e. The van der Waals surface area contributed by atoms with Crippen molar-refractivity contribution in [2.75, 3.05) is 29.6 Å². The van der Waals surface area contributed by atoms with Crippen LogP contribution in [-0.2, 0) is 16.9 Å². The number of hydrogen-bond donors (Lipinski definition) is 2. The molecular formula is C24H24N2O2S. The van der Waals surface area contributed by atoms with Gasteiger partial charge in [-0.15, -0.1) is 0 Å². The van der Waals surface area contributed by atoms with Crippen LogP contribution in [0.5, 0.6) is 11.5 Å². The van der Waals surface area contributed by atoms with Crippen LogP contribution in [0.4, 0.5) is 11.4 Å². The first-order chi connectivity index (χ1) is 14.2. The zero-order valence-electron chi connectivity index (χ0n) is 16.4. The molecule has 5 rings (SSSR count). The van der Waals surface area contributed by atoms with Gasteiger partial charge in [-0.2, -0.15) is 11.8 Å². The van der Waals surface area contributed by atoms with Crippen LogP contribution in [0.25, 0.3) is 0 Å². The molecule has 2 aliphatic heterocycles. The Hall–Kier alpha value is -2.63. The molecule has 3 N–H and O–H groups in total. The summed E-state index contributed by atoms with van der Waals surface area (Å²) in [6, 6.07) is 20.6. The first-order valence-electron chi connectivity index (χ1n) is 9.90. The molecule has 0 bridgehead atoms. The topological polar surface area (TPSA) is 56.5 Å². The Kier molecular flexibility index (Phi) is 4.64. The highest BCUT2D eigenvalue weighted by molar-refractivity contribution is 7.98. The van der Waals surface area contributed by atoms with Crippen molar-refractivity contribution >= 4 is 23.1 Å². The average Bonchev–Trinajstić information content (AvgIpc) is 3.11. The number of benzene rings is 3. The zero-order chi connectivity index (χ0) is 19.8. The maximum atomic E-state index is 6.55. The number of thioether (sulfide) groups is 1. The maximum Gasteiger partial charge on any atom is 0.151 e. The summed E-state index contributed by atoms with van der Waals surface area (Å²) in [6.07, 6.45) is 3.26. The molecule has 0 saturated heterocycles. The van der Waals surface area contributed by atoms with Crippen molar-refractivity contribution in [3.05, 3.63) is 82.9 Å². The second-order valence-electron chi connectivity index (χ2n) is 7.47. The molecule has 0 aliphatic carbocycles. The predicted molar refractivity (Wildman–Crippen MR) is 120 cm³/mol. The normalized spacial score (nSPS) is 18.7. The van der Waals surface area contributed by atoms with E-state index in [2.05, 4.69) is 54.0 Å². The van der Waals surface area contributed by atoms with E-state index >= 15 is 0 Å². The summed E-state index contributed by atoms with van der Waals surface area (Å²) in [5, 5.41) is 3.50. The van der Waals surface area contributed by atoms with E-state index in [-0.39, 0.29) is 0 Å². The van der Waals surface area contributed by atoms with Crippen LogP contribution in [-0.4, -0.2) is 18.6 Å². The highest BCUT2D eigenvalue weighted by Gasteiger charge is 2.49. The Morgan fingerprint density at radius 2 is 1.79 bits per heavy atom. The second-order valence-corrected chi connectivity index (χ2v) is 8.45. The van der Waals surface area contributed by atoms with E-state index in [4.69, 9.17) is 15.2 Å². The van der Waals surface area contributed by atoms with Crippen LogP contribution >= 0.6 is 11.8 Å². The van der Waals surface area contributed by atoms with Gasteiger partial charge < -0.3 is 20.5 Å². The number of hydrogen-bond acceptors (Lipinski definition) is 5. The van der Waals surface area contributed by atoms with Gasteiger partial charge in [-0.25, -0.2) is 0 Å². The van der Waals surface area contributed by atoms with E-state index in [0.717, 1.165) is 47.0 Å². The lowest BCUT2D eigenvalue weighted by atomic mass is 9.77. The number of nitrogens with two attached hydrogens (primary N) is 1. The van der Waals surface area contributed by atoms with E-state index in [1.165, 1.54) is 11.1 Å². The van der Waals surface area contributed by atoms with E-state index < -0.39 is 5.60 Å². The molecule has 0 aromatic heterocycles. The Balaban J connectivity index is 1.62. The molecule has 1 atom stereocenters. The molecule has 0 radical (unpaired) electrons. The SMILES string of the molecule is CSCCCNc1ccc2c(c1)Oc1cc(N)ccc1C21OCc2ccccc21. The summed E-state index contributed by atoms with van der Waals surface area (Å²) >= 11 is 1.87. The van der Waals surface area contributed by atoms with Crippen LogP contribution < -0.4 is 15.8 Å². The molecule has 1 unspecified atom stereocenters. The highest BCUT2D eigenvalue weighted by atomic mass is 32.2. The molecule has 1 spiro atoms. The minimum Gasteiger partial charge on any atom is -0.456 e. The summed E-state index contributed by atoms with van der Waals surface area (Å²) in [7, 11) is 0. The fourth-order valence-corrected chi connectivity index (χ4v) is 4.77. The summed E-state index contributed by atoms with van der Waals surface area (Å²) < 4.78 is 12.9. The summed E-state index contributed by atoms with van der Waals surface area (Å²) in [5.74, 6) is 2.72. The average molecular weight is 405 g/mol. The van der Waals surface area contributed by atoms with E-state index in [0.29, 0.717) is 12.3 Å². The van der Waals surface area contributed by atoms with Crippen molar-refractivity contribution in [2.45, 2.75) is 18.6 Å². The van der Waals surface area contributed by atoms with E-state index in [1.807, 2.05) is 30.0 Å². The third-order valence-electron chi connectivity index (χ3n) is 5.66. The highest BCUT2D eigenvalue weighted by Crippen LogP contribution is 2.56. The standard InChI is InChI=1S/C24H24N2O2S/c1-29-12-4-11-26-18-8-10-21-23(14-18)28-22-13-17(25)7-9-20(22)24(21)19-6-3-2-5-16(19)15-27-24/h2-3,5-10,13-14,26H,4,11-12,15,25H2,1H3. The first-order valence-corrected chi connectivity index (χ1v) is 11.3. The van der Waals surface area contributed by atoms with Gasteiger partial charge in [0.25, 0.3) is 0 Å². The molecule has 4 nitrogen and oxygen atoms in total. The third-order valence-corrected chi connectivity index (χ3v) is 6.36. The summed E-state index contributed by atoms with van der Waals surface area (Å²) in [5.41, 5.74) is 11.6. The second kappa shape index (κ2) is 7.32. The van der Waals surface area contributed by atoms with Crippen LogP contribution in [0.1, 0.15) is 28.7 Å². The third kappa shape index (κ3) is 2.96. The molecule has 3 aromatic rings. The lowest BCUT2D eigenvalue weighted by Crippen LogP contribution is -2.32. The van der Waals surface area contributed by atoms with Gasteiger partial charge in [-0.3, -0.25) is 0 Å². The Morgan fingerprint density at radius 3 is 2.66 bits per heavy atom. The quantitative estimate of drug-likeness (QED) is 0.443. The molecule has 5 heteroatoms. The number of rotatable bonds is 5. The molecule has 148 valence electrons. The van der Waals surface area contributed by atoms with Gasteiger partial charge in [0, 0.05) is 41.2 Å². The summed E-state index contributed by atoms with van der Waals surface area (Å²) in [6.45, 7) is 1.52. The maximum absolute atomic E-state index is 6.55. The van der Waals surface area contributed by atoms with Crippen LogP contribution in [0.15, 0.2) is 60.7 Å². The predicted octanol–water partition coefficient (Wildman–Crippen LogP) is 5.36. The van der Waals surface area contributed by atoms with Crippen molar-refractivity contribution in [3.63, 3.8) is 0 Å². The molecular weight excluding hydrogens is 380 g/mol. The van der Waals surface area contributed by atoms with Crippen molar-refractivity contribution < 1.29 is 9.47 Å². The smallest absolute Gasteiger partial charge is 0.151 e. The fraction of sp³-hybridized carbons (Fsp3) is 0.250. The lowest BCUT2D eigenvalue weighted by molar-refractivity contribution is 0.0200. The molecule has 3 aromatic carbocycles. The van der Waals surface area contributed by atoms with Gasteiger partial charge in [0.1, 0.15) is 11.5 Å². The van der Waals surface area contributed by atoms with Gasteiger partial charge in [0.15, 0.2) is 5.60 Å². The number of nitrogen functional groups attached to an aromatic ring is 1. The van der Waals surface area contributed by atoms with Crippen LogP contribution in [0.2, 0.25) is 0 Å². The Bertz CT molecular complexity index is 1070. The molecule has 2 heterocycles.